The second kappa shape index (κ2) is 5.15. The Morgan fingerprint density at radius 2 is 1.36 bits per heavy atom. The van der Waals surface area contributed by atoms with Crippen LogP contribution in [0.3, 0.4) is 0 Å². The van der Waals surface area contributed by atoms with Crippen LogP contribution in [-0.4, -0.2) is 5.91 Å². The lowest BCUT2D eigenvalue weighted by atomic mass is 9.91. The van der Waals surface area contributed by atoms with Crippen molar-refractivity contribution in [2.45, 2.75) is 6.42 Å². The highest BCUT2D eigenvalue weighted by Crippen LogP contribution is 2.38. The summed E-state index contributed by atoms with van der Waals surface area (Å²) in [5.74, 6) is 0.0691. The Labute approximate surface area is 129 Å². The third kappa shape index (κ3) is 2.09. The average Bonchev–Trinajstić information content (AvgIpc) is 2.96. The highest BCUT2D eigenvalue weighted by Gasteiger charge is 2.22. The largest absolute Gasteiger partial charge is 0.326 e. The number of amides is 1. The molecular weight excluding hydrogens is 270 g/mol. The minimum atomic E-state index is 0.0691. The summed E-state index contributed by atoms with van der Waals surface area (Å²) in [5.41, 5.74) is 6.71. The molecule has 22 heavy (non-hydrogen) atoms. The summed E-state index contributed by atoms with van der Waals surface area (Å²) in [7, 11) is 0. The zero-order chi connectivity index (χ0) is 14.9. The topological polar surface area (TPSA) is 29.1 Å². The lowest BCUT2D eigenvalue weighted by molar-refractivity contribution is -0.115. The van der Waals surface area contributed by atoms with Gasteiger partial charge in [-0.2, -0.15) is 0 Å². The van der Waals surface area contributed by atoms with Crippen LogP contribution in [0.5, 0.6) is 0 Å². The summed E-state index contributed by atoms with van der Waals surface area (Å²) in [4.78, 5) is 11.7. The average molecular weight is 285 g/mol. The summed E-state index contributed by atoms with van der Waals surface area (Å²) in [5, 5.41) is 2.93. The molecule has 4 rings (SSSR count). The van der Waals surface area contributed by atoms with E-state index in [-0.39, 0.29) is 5.91 Å². The maximum atomic E-state index is 11.7. The number of nitrogens with one attached hydrogen (secondary N) is 1. The smallest absolute Gasteiger partial charge is 0.228 e. The number of fused-ring (bicyclic) bond motifs is 1. The van der Waals surface area contributed by atoms with Crippen molar-refractivity contribution in [2.75, 3.05) is 5.32 Å². The second-order valence-electron chi connectivity index (χ2n) is 5.47. The van der Waals surface area contributed by atoms with Gasteiger partial charge < -0.3 is 5.32 Å². The Kier molecular flexibility index (Phi) is 3.01. The molecule has 0 saturated carbocycles. The quantitative estimate of drug-likeness (QED) is 0.737. The van der Waals surface area contributed by atoms with Crippen molar-refractivity contribution in [2.24, 2.45) is 0 Å². The van der Waals surface area contributed by atoms with Crippen LogP contribution < -0.4 is 5.32 Å². The molecule has 0 saturated heterocycles. The molecule has 0 spiro atoms. The molecular formula is C20H15NO. The van der Waals surface area contributed by atoms with Crippen LogP contribution in [-0.2, 0) is 11.2 Å². The maximum Gasteiger partial charge on any atom is 0.228 e. The van der Waals surface area contributed by atoms with E-state index in [1.54, 1.807) is 0 Å². The van der Waals surface area contributed by atoms with E-state index < -0.39 is 0 Å². The second-order valence-corrected chi connectivity index (χ2v) is 5.47. The first-order chi connectivity index (χ1) is 10.8. The van der Waals surface area contributed by atoms with Crippen LogP contribution in [0.2, 0.25) is 0 Å². The van der Waals surface area contributed by atoms with E-state index in [2.05, 4.69) is 41.7 Å². The molecule has 0 aliphatic carbocycles. The molecule has 0 unspecified atom stereocenters. The predicted octanol–water partition coefficient (Wildman–Crippen LogP) is 4.52. The maximum absolute atomic E-state index is 11.7. The molecule has 0 bridgehead atoms. The highest BCUT2D eigenvalue weighted by molar-refractivity contribution is 6.02. The van der Waals surface area contributed by atoms with Crippen LogP contribution in [0.4, 0.5) is 5.69 Å². The molecule has 2 heteroatoms. The monoisotopic (exact) mass is 285 g/mol. The number of benzene rings is 3. The summed E-state index contributed by atoms with van der Waals surface area (Å²) >= 11 is 0. The van der Waals surface area contributed by atoms with Crippen molar-refractivity contribution < 1.29 is 4.79 Å². The van der Waals surface area contributed by atoms with Gasteiger partial charge in [0.15, 0.2) is 0 Å². The number of carbonyl (C=O) groups excluding carboxylic acids is 1. The fourth-order valence-corrected chi connectivity index (χ4v) is 3.09. The summed E-state index contributed by atoms with van der Waals surface area (Å²) in [6.45, 7) is 0. The molecule has 1 amide bonds. The van der Waals surface area contributed by atoms with Gasteiger partial charge >= 0.3 is 0 Å². The van der Waals surface area contributed by atoms with Crippen molar-refractivity contribution in [3.05, 3.63) is 78.4 Å². The molecule has 0 radical (unpaired) electrons. The number of hydrogen-bond donors (Lipinski definition) is 1. The van der Waals surface area contributed by atoms with Crippen LogP contribution in [0.25, 0.3) is 22.3 Å². The van der Waals surface area contributed by atoms with Gasteiger partial charge in [-0.3, -0.25) is 4.79 Å². The molecule has 1 aliphatic rings. The zero-order valence-corrected chi connectivity index (χ0v) is 12.0. The van der Waals surface area contributed by atoms with Crippen molar-refractivity contribution in [3.63, 3.8) is 0 Å². The van der Waals surface area contributed by atoms with E-state index in [9.17, 15) is 4.79 Å². The number of rotatable bonds is 2. The minimum Gasteiger partial charge on any atom is -0.326 e. The minimum absolute atomic E-state index is 0.0691. The van der Waals surface area contributed by atoms with E-state index in [0.717, 1.165) is 16.8 Å². The van der Waals surface area contributed by atoms with Gasteiger partial charge in [0.2, 0.25) is 5.91 Å². The Hall–Kier alpha value is -2.87. The van der Waals surface area contributed by atoms with Crippen LogP contribution in [0.15, 0.2) is 72.8 Å². The molecule has 0 fully saturated rings. The number of carbonyl (C=O) groups is 1. The standard InChI is InChI=1S/C20H15NO/c22-20-13-18-17(11-6-12-19(18)21-20)16-10-5-4-9-15(16)14-7-2-1-3-8-14/h1-12H,13H2,(H,21,22). The summed E-state index contributed by atoms with van der Waals surface area (Å²) in [6, 6.07) is 24.8. The molecule has 1 heterocycles. The van der Waals surface area contributed by atoms with Crippen molar-refractivity contribution in [3.8, 4) is 22.3 Å². The fourth-order valence-electron chi connectivity index (χ4n) is 3.09. The molecule has 106 valence electrons. The summed E-state index contributed by atoms with van der Waals surface area (Å²) < 4.78 is 0. The molecule has 1 aliphatic heterocycles. The molecule has 0 atom stereocenters. The van der Waals surface area contributed by atoms with Crippen molar-refractivity contribution in [1.82, 2.24) is 0 Å². The van der Waals surface area contributed by atoms with Crippen LogP contribution >= 0.6 is 0 Å². The zero-order valence-electron chi connectivity index (χ0n) is 12.0. The Morgan fingerprint density at radius 3 is 2.18 bits per heavy atom. The van der Waals surface area contributed by atoms with Crippen molar-refractivity contribution >= 4 is 11.6 Å². The third-order valence-electron chi connectivity index (χ3n) is 4.09. The first-order valence-corrected chi connectivity index (χ1v) is 7.39. The van der Waals surface area contributed by atoms with E-state index in [1.165, 1.54) is 16.7 Å². The van der Waals surface area contributed by atoms with Gasteiger partial charge in [0.25, 0.3) is 0 Å². The Bertz CT molecular complexity index is 853. The van der Waals surface area contributed by atoms with Crippen LogP contribution in [0.1, 0.15) is 5.56 Å². The summed E-state index contributed by atoms with van der Waals surface area (Å²) in [6.07, 6.45) is 0.453. The highest BCUT2D eigenvalue weighted by atomic mass is 16.1. The van der Waals surface area contributed by atoms with E-state index in [0.29, 0.717) is 6.42 Å². The van der Waals surface area contributed by atoms with Gasteiger partial charge in [0.1, 0.15) is 0 Å². The fraction of sp³-hybridized carbons (Fsp3) is 0.0500. The van der Waals surface area contributed by atoms with Gasteiger partial charge in [0, 0.05) is 5.69 Å². The van der Waals surface area contributed by atoms with E-state index in [4.69, 9.17) is 0 Å². The lowest BCUT2D eigenvalue weighted by Gasteiger charge is -2.13. The Morgan fingerprint density at radius 1 is 0.682 bits per heavy atom. The normalized spacial score (nSPS) is 12.8. The molecule has 3 aromatic rings. The van der Waals surface area contributed by atoms with Gasteiger partial charge in [-0.15, -0.1) is 0 Å². The Balaban J connectivity index is 1.93. The lowest BCUT2D eigenvalue weighted by Crippen LogP contribution is -2.03. The van der Waals surface area contributed by atoms with Gasteiger partial charge in [0.05, 0.1) is 6.42 Å². The molecule has 3 aromatic carbocycles. The number of anilines is 1. The molecule has 1 N–H and O–H groups in total. The predicted molar refractivity (Wildman–Crippen MR) is 89.6 cm³/mol. The third-order valence-corrected chi connectivity index (χ3v) is 4.09. The first kappa shape index (κ1) is 12.8. The van der Waals surface area contributed by atoms with Crippen LogP contribution in [0, 0.1) is 0 Å². The molecule has 0 aromatic heterocycles. The van der Waals surface area contributed by atoms with Gasteiger partial charge in [-0.05, 0) is 33.9 Å². The van der Waals surface area contributed by atoms with Gasteiger partial charge in [-0.1, -0.05) is 66.7 Å². The first-order valence-electron chi connectivity index (χ1n) is 7.39. The van der Waals surface area contributed by atoms with E-state index in [1.807, 2.05) is 36.4 Å². The van der Waals surface area contributed by atoms with Gasteiger partial charge in [-0.25, -0.2) is 0 Å². The van der Waals surface area contributed by atoms with E-state index >= 15 is 0 Å². The number of hydrogen-bond acceptors (Lipinski definition) is 1. The SMILES string of the molecule is O=C1Cc2c(cccc2-c2ccccc2-c2ccccc2)N1. The molecule has 2 nitrogen and oxygen atoms in total. The van der Waals surface area contributed by atoms with Crippen molar-refractivity contribution in [1.29, 1.82) is 0 Å².